The third-order valence-corrected chi connectivity index (χ3v) is 2.10. The van der Waals surface area contributed by atoms with Gasteiger partial charge in [-0.2, -0.15) is 0 Å². The summed E-state index contributed by atoms with van der Waals surface area (Å²) in [6.07, 6.45) is 0.458. The van der Waals surface area contributed by atoms with Gasteiger partial charge in [0.25, 0.3) is 0 Å². The predicted molar refractivity (Wildman–Crippen MR) is 56.5 cm³/mol. The lowest BCUT2D eigenvalue weighted by molar-refractivity contribution is -0.115. The van der Waals surface area contributed by atoms with Crippen molar-refractivity contribution >= 4 is 11.6 Å². The zero-order valence-electron chi connectivity index (χ0n) is 8.72. The summed E-state index contributed by atoms with van der Waals surface area (Å²) in [5.74, 6) is 0.219. The SMILES string of the molecule is CCC(=O)Nc1c(C)cc(O)cc1C. The first-order chi connectivity index (χ1) is 6.54. The number of hydrogen-bond acceptors (Lipinski definition) is 2. The minimum absolute atomic E-state index is 0.0121. The number of carbonyl (C=O) groups excluding carboxylic acids is 1. The summed E-state index contributed by atoms with van der Waals surface area (Å²) < 4.78 is 0. The molecular formula is C11H15NO2. The molecular weight excluding hydrogens is 178 g/mol. The van der Waals surface area contributed by atoms with E-state index in [1.807, 2.05) is 13.8 Å². The molecule has 0 spiro atoms. The van der Waals surface area contributed by atoms with Crippen molar-refractivity contribution in [3.63, 3.8) is 0 Å². The standard InChI is InChI=1S/C11H15NO2/c1-4-10(14)12-11-7(2)5-9(13)6-8(11)3/h5-6,13H,4H2,1-3H3,(H,12,14). The highest BCUT2D eigenvalue weighted by atomic mass is 16.3. The van der Waals surface area contributed by atoms with E-state index in [1.54, 1.807) is 19.1 Å². The van der Waals surface area contributed by atoms with E-state index >= 15 is 0 Å². The smallest absolute Gasteiger partial charge is 0.224 e. The molecule has 14 heavy (non-hydrogen) atoms. The number of amides is 1. The Morgan fingerprint density at radius 1 is 1.36 bits per heavy atom. The second kappa shape index (κ2) is 4.13. The Morgan fingerprint density at radius 3 is 2.29 bits per heavy atom. The molecule has 0 atom stereocenters. The number of aryl methyl sites for hydroxylation is 2. The van der Waals surface area contributed by atoms with Crippen LogP contribution in [0.25, 0.3) is 0 Å². The number of phenols is 1. The normalized spacial score (nSPS) is 9.93. The molecule has 0 saturated carbocycles. The van der Waals surface area contributed by atoms with Gasteiger partial charge in [0, 0.05) is 12.1 Å². The molecule has 0 unspecified atom stereocenters. The fraction of sp³-hybridized carbons (Fsp3) is 0.364. The van der Waals surface area contributed by atoms with Crippen LogP contribution in [0.2, 0.25) is 0 Å². The highest BCUT2D eigenvalue weighted by molar-refractivity contribution is 5.92. The maximum Gasteiger partial charge on any atom is 0.224 e. The fourth-order valence-corrected chi connectivity index (χ4v) is 1.37. The van der Waals surface area contributed by atoms with Crippen LogP contribution in [-0.4, -0.2) is 11.0 Å². The van der Waals surface area contributed by atoms with Crippen molar-refractivity contribution in [3.8, 4) is 5.75 Å². The van der Waals surface area contributed by atoms with Gasteiger partial charge in [-0.25, -0.2) is 0 Å². The number of carbonyl (C=O) groups is 1. The number of benzene rings is 1. The Kier molecular flexibility index (Phi) is 3.12. The summed E-state index contributed by atoms with van der Waals surface area (Å²) in [5, 5.41) is 12.1. The van der Waals surface area contributed by atoms with Gasteiger partial charge in [0.15, 0.2) is 0 Å². The first-order valence-corrected chi connectivity index (χ1v) is 4.64. The second-order valence-corrected chi connectivity index (χ2v) is 3.36. The second-order valence-electron chi connectivity index (χ2n) is 3.36. The molecule has 0 aliphatic heterocycles. The maximum atomic E-state index is 11.2. The van der Waals surface area contributed by atoms with Gasteiger partial charge in [0.1, 0.15) is 5.75 Å². The summed E-state index contributed by atoms with van der Waals surface area (Å²) in [6.45, 7) is 5.52. The molecule has 0 aliphatic rings. The molecule has 0 heterocycles. The van der Waals surface area contributed by atoms with Crippen LogP contribution in [0.1, 0.15) is 24.5 Å². The monoisotopic (exact) mass is 193 g/mol. The van der Waals surface area contributed by atoms with Crippen molar-refractivity contribution in [1.29, 1.82) is 0 Å². The van der Waals surface area contributed by atoms with E-state index in [4.69, 9.17) is 0 Å². The topological polar surface area (TPSA) is 49.3 Å². The third-order valence-electron chi connectivity index (χ3n) is 2.10. The highest BCUT2D eigenvalue weighted by Gasteiger charge is 2.06. The van der Waals surface area contributed by atoms with Gasteiger partial charge in [-0.1, -0.05) is 6.92 Å². The van der Waals surface area contributed by atoms with Gasteiger partial charge in [-0.3, -0.25) is 4.79 Å². The largest absolute Gasteiger partial charge is 0.508 e. The molecule has 3 heteroatoms. The summed E-state index contributed by atoms with van der Waals surface area (Å²) in [4.78, 5) is 11.2. The predicted octanol–water partition coefficient (Wildman–Crippen LogP) is 2.36. The zero-order chi connectivity index (χ0) is 10.7. The van der Waals surface area contributed by atoms with E-state index < -0.39 is 0 Å². The van der Waals surface area contributed by atoms with Crippen LogP contribution in [0.4, 0.5) is 5.69 Å². The lowest BCUT2D eigenvalue weighted by Gasteiger charge is -2.11. The molecule has 0 aromatic heterocycles. The van der Waals surface area contributed by atoms with E-state index in [-0.39, 0.29) is 11.7 Å². The van der Waals surface area contributed by atoms with Crippen molar-refractivity contribution < 1.29 is 9.90 Å². The van der Waals surface area contributed by atoms with Crippen LogP contribution in [0.3, 0.4) is 0 Å². The first-order valence-electron chi connectivity index (χ1n) is 4.64. The molecule has 76 valence electrons. The molecule has 0 fully saturated rings. The summed E-state index contributed by atoms with van der Waals surface area (Å²) in [6, 6.07) is 3.27. The lowest BCUT2D eigenvalue weighted by atomic mass is 10.1. The van der Waals surface area contributed by atoms with Crippen molar-refractivity contribution in [2.24, 2.45) is 0 Å². The molecule has 1 aromatic rings. The van der Waals surface area contributed by atoms with Crippen molar-refractivity contribution in [2.45, 2.75) is 27.2 Å². The highest BCUT2D eigenvalue weighted by Crippen LogP contribution is 2.25. The minimum Gasteiger partial charge on any atom is -0.508 e. The van der Waals surface area contributed by atoms with Crippen LogP contribution in [0.5, 0.6) is 5.75 Å². The molecule has 0 aliphatic carbocycles. The molecule has 1 aromatic carbocycles. The molecule has 0 bridgehead atoms. The average Bonchev–Trinajstić information content (AvgIpc) is 2.10. The molecule has 1 rings (SSSR count). The van der Waals surface area contributed by atoms with Crippen LogP contribution in [0.15, 0.2) is 12.1 Å². The van der Waals surface area contributed by atoms with Gasteiger partial charge in [-0.15, -0.1) is 0 Å². The minimum atomic E-state index is -0.0121. The molecule has 1 amide bonds. The van der Waals surface area contributed by atoms with Gasteiger partial charge in [-0.05, 0) is 37.1 Å². The number of phenolic OH excluding ortho intramolecular Hbond substituents is 1. The third kappa shape index (κ3) is 2.25. The summed E-state index contributed by atoms with van der Waals surface area (Å²) in [5.41, 5.74) is 2.56. The fourth-order valence-electron chi connectivity index (χ4n) is 1.37. The van der Waals surface area contributed by atoms with E-state index in [2.05, 4.69) is 5.32 Å². The molecule has 0 saturated heterocycles. The molecule has 2 N–H and O–H groups in total. The Balaban J connectivity index is 3.02. The van der Waals surface area contributed by atoms with Gasteiger partial charge < -0.3 is 10.4 Å². The van der Waals surface area contributed by atoms with E-state index in [0.29, 0.717) is 6.42 Å². The Hall–Kier alpha value is -1.51. The first kappa shape index (κ1) is 10.6. The summed E-state index contributed by atoms with van der Waals surface area (Å²) in [7, 11) is 0. The van der Waals surface area contributed by atoms with Crippen LogP contribution in [-0.2, 0) is 4.79 Å². The number of hydrogen-bond donors (Lipinski definition) is 2. The maximum absolute atomic E-state index is 11.2. The average molecular weight is 193 g/mol. The quantitative estimate of drug-likeness (QED) is 0.708. The lowest BCUT2D eigenvalue weighted by Crippen LogP contribution is -2.11. The van der Waals surface area contributed by atoms with E-state index in [1.165, 1.54) is 0 Å². The van der Waals surface area contributed by atoms with Gasteiger partial charge >= 0.3 is 0 Å². The van der Waals surface area contributed by atoms with Crippen LogP contribution in [0, 0.1) is 13.8 Å². The Morgan fingerprint density at radius 2 is 1.86 bits per heavy atom. The van der Waals surface area contributed by atoms with Crippen molar-refractivity contribution in [3.05, 3.63) is 23.3 Å². The number of nitrogens with one attached hydrogen (secondary N) is 1. The van der Waals surface area contributed by atoms with Gasteiger partial charge in [0.2, 0.25) is 5.91 Å². The van der Waals surface area contributed by atoms with Gasteiger partial charge in [0.05, 0.1) is 0 Å². The Bertz CT molecular complexity index is 335. The van der Waals surface area contributed by atoms with Crippen LogP contribution >= 0.6 is 0 Å². The van der Waals surface area contributed by atoms with Crippen LogP contribution < -0.4 is 5.32 Å². The number of anilines is 1. The zero-order valence-corrected chi connectivity index (χ0v) is 8.72. The molecule has 0 radical (unpaired) electrons. The van der Waals surface area contributed by atoms with E-state index in [9.17, 15) is 9.90 Å². The number of rotatable bonds is 2. The number of aromatic hydroxyl groups is 1. The van der Waals surface area contributed by atoms with Crippen molar-refractivity contribution in [1.82, 2.24) is 0 Å². The van der Waals surface area contributed by atoms with E-state index in [0.717, 1.165) is 16.8 Å². The summed E-state index contributed by atoms with van der Waals surface area (Å²) >= 11 is 0. The van der Waals surface area contributed by atoms with Crippen molar-refractivity contribution in [2.75, 3.05) is 5.32 Å². The molecule has 3 nitrogen and oxygen atoms in total. The Labute approximate surface area is 83.8 Å².